The number of methoxy groups -OCH3 is 1. The monoisotopic (exact) mass is 240 g/mol. The van der Waals surface area contributed by atoms with E-state index in [1.54, 1.807) is 7.11 Å². The van der Waals surface area contributed by atoms with E-state index in [2.05, 4.69) is 18.5 Å². The van der Waals surface area contributed by atoms with Crippen molar-refractivity contribution >= 4 is 23.1 Å². The first-order valence-corrected chi connectivity index (χ1v) is 6.72. The topological polar surface area (TPSA) is 47.3 Å². The van der Waals surface area contributed by atoms with Crippen molar-refractivity contribution in [2.75, 3.05) is 36.7 Å². The van der Waals surface area contributed by atoms with E-state index < -0.39 is 0 Å². The van der Waals surface area contributed by atoms with Crippen LogP contribution >= 0.6 is 11.8 Å². The van der Waals surface area contributed by atoms with Crippen molar-refractivity contribution in [1.29, 1.82) is 0 Å². The van der Waals surface area contributed by atoms with Gasteiger partial charge in [0, 0.05) is 30.1 Å². The zero-order valence-electron chi connectivity index (χ0n) is 10.1. The second kappa shape index (κ2) is 6.53. The highest BCUT2D eigenvalue weighted by Gasteiger charge is 2.02. The van der Waals surface area contributed by atoms with Crippen molar-refractivity contribution < 1.29 is 4.74 Å². The minimum Gasteiger partial charge on any atom is -0.497 e. The number of benzene rings is 1. The number of ether oxygens (including phenoxy) is 1. The highest BCUT2D eigenvalue weighted by Crippen LogP contribution is 2.22. The van der Waals surface area contributed by atoms with E-state index >= 15 is 0 Å². The molecule has 0 aromatic heterocycles. The Bertz CT molecular complexity index is 331. The molecular weight excluding hydrogens is 220 g/mol. The number of nitrogens with two attached hydrogens (primary N) is 1. The molecule has 0 aliphatic carbocycles. The minimum absolute atomic E-state index is 0.641. The Balaban J connectivity index is 2.56. The Morgan fingerprint density at radius 1 is 1.44 bits per heavy atom. The summed E-state index contributed by atoms with van der Waals surface area (Å²) >= 11 is 1.87. The third kappa shape index (κ3) is 4.23. The maximum atomic E-state index is 5.78. The molecule has 0 saturated heterocycles. The van der Waals surface area contributed by atoms with Crippen molar-refractivity contribution in [3.05, 3.63) is 18.2 Å². The molecule has 0 spiro atoms. The summed E-state index contributed by atoms with van der Waals surface area (Å²) in [7, 11) is 1.65. The largest absolute Gasteiger partial charge is 0.497 e. The van der Waals surface area contributed by atoms with Crippen LogP contribution in [0, 0.1) is 5.92 Å². The fourth-order valence-corrected chi connectivity index (χ4v) is 2.16. The van der Waals surface area contributed by atoms with Gasteiger partial charge in [0.2, 0.25) is 0 Å². The third-order valence-corrected chi connectivity index (χ3v) is 3.17. The first-order chi connectivity index (χ1) is 7.65. The van der Waals surface area contributed by atoms with E-state index in [0.717, 1.165) is 29.4 Å². The van der Waals surface area contributed by atoms with Crippen LogP contribution in [0.2, 0.25) is 0 Å². The Hall–Kier alpha value is -1.03. The van der Waals surface area contributed by atoms with E-state index in [0.29, 0.717) is 5.92 Å². The SMILES string of the molecule is COc1cc(N)cc(NCC(C)CSC)c1. The summed E-state index contributed by atoms with van der Waals surface area (Å²) in [5, 5.41) is 3.37. The molecule has 1 aromatic rings. The van der Waals surface area contributed by atoms with Crippen LogP contribution in [0.1, 0.15) is 6.92 Å². The average molecular weight is 240 g/mol. The summed E-state index contributed by atoms with van der Waals surface area (Å²) < 4.78 is 5.17. The van der Waals surface area contributed by atoms with Crippen LogP contribution in [0.25, 0.3) is 0 Å². The van der Waals surface area contributed by atoms with Gasteiger partial charge in [-0.3, -0.25) is 0 Å². The molecule has 16 heavy (non-hydrogen) atoms. The van der Waals surface area contributed by atoms with Gasteiger partial charge in [0.1, 0.15) is 5.75 Å². The van der Waals surface area contributed by atoms with E-state index in [9.17, 15) is 0 Å². The number of thioether (sulfide) groups is 1. The molecule has 1 unspecified atom stereocenters. The van der Waals surface area contributed by atoms with Gasteiger partial charge in [0.25, 0.3) is 0 Å². The molecule has 0 amide bonds. The first kappa shape index (κ1) is 13.0. The number of nitrogen functional groups attached to an aromatic ring is 1. The third-order valence-electron chi connectivity index (χ3n) is 2.27. The van der Waals surface area contributed by atoms with Gasteiger partial charge in [-0.25, -0.2) is 0 Å². The standard InChI is InChI=1S/C12H20N2OS/c1-9(8-16-3)7-14-11-4-10(13)5-12(6-11)15-2/h4-6,9,14H,7-8,13H2,1-3H3. The summed E-state index contributed by atoms with van der Waals surface area (Å²) in [6.45, 7) is 3.18. The minimum atomic E-state index is 0.641. The molecule has 0 aliphatic rings. The van der Waals surface area contributed by atoms with Crippen molar-refractivity contribution in [2.45, 2.75) is 6.92 Å². The summed E-state index contributed by atoms with van der Waals surface area (Å²) in [5.41, 5.74) is 7.52. The Morgan fingerprint density at radius 3 is 2.81 bits per heavy atom. The highest BCUT2D eigenvalue weighted by atomic mass is 32.2. The first-order valence-electron chi connectivity index (χ1n) is 5.33. The fraction of sp³-hybridized carbons (Fsp3) is 0.500. The molecule has 3 N–H and O–H groups in total. The predicted molar refractivity (Wildman–Crippen MR) is 73.4 cm³/mol. The van der Waals surface area contributed by atoms with Gasteiger partial charge in [-0.2, -0.15) is 11.8 Å². The lowest BCUT2D eigenvalue weighted by Crippen LogP contribution is -2.13. The van der Waals surface area contributed by atoms with Crippen LogP contribution in [0.5, 0.6) is 5.75 Å². The molecule has 0 heterocycles. The summed E-state index contributed by atoms with van der Waals surface area (Å²) in [6, 6.07) is 5.70. The second-order valence-corrected chi connectivity index (χ2v) is 4.85. The average Bonchev–Trinajstić information content (AvgIpc) is 2.26. The molecule has 0 bridgehead atoms. The molecule has 0 saturated carbocycles. The predicted octanol–water partition coefficient (Wildman–Crippen LogP) is 2.69. The van der Waals surface area contributed by atoms with E-state index in [-0.39, 0.29) is 0 Å². The lowest BCUT2D eigenvalue weighted by molar-refractivity contribution is 0.415. The molecule has 0 radical (unpaired) electrons. The van der Waals surface area contributed by atoms with Gasteiger partial charge in [-0.05, 0) is 24.0 Å². The summed E-state index contributed by atoms with van der Waals surface area (Å²) in [4.78, 5) is 0. The lowest BCUT2D eigenvalue weighted by Gasteiger charge is -2.13. The van der Waals surface area contributed by atoms with Crippen LogP contribution in [0.4, 0.5) is 11.4 Å². The van der Waals surface area contributed by atoms with Crippen LogP contribution in [-0.4, -0.2) is 25.7 Å². The number of hydrogen-bond donors (Lipinski definition) is 2. The second-order valence-electron chi connectivity index (χ2n) is 3.94. The molecule has 1 rings (SSSR count). The Labute approximate surface area is 102 Å². The molecule has 0 aliphatic heterocycles. The van der Waals surface area contributed by atoms with E-state index in [4.69, 9.17) is 10.5 Å². The Kier molecular flexibility index (Phi) is 5.32. The number of rotatable bonds is 6. The molecular formula is C12H20N2OS. The van der Waals surface area contributed by atoms with Crippen LogP contribution < -0.4 is 15.8 Å². The van der Waals surface area contributed by atoms with Gasteiger partial charge in [0.15, 0.2) is 0 Å². The van der Waals surface area contributed by atoms with Crippen LogP contribution in [0.3, 0.4) is 0 Å². The maximum Gasteiger partial charge on any atom is 0.122 e. The van der Waals surface area contributed by atoms with Gasteiger partial charge in [-0.1, -0.05) is 6.92 Å². The summed E-state index contributed by atoms with van der Waals surface area (Å²) in [5.74, 6) is 2.59. The lowest BCUT2D eigenvalue weighted by atomic mass is 10.2. The summed E-state index contributed by atoms with van der Waals surface area (Å²) in [6.07, 6.45) is 2.13. The van der Waals surface area contributed by atoms with Crippen LogP contribution in [0.15, 0.2) is 18.2 Å². The highest BCUT2D eigenvalue weighted by molar-refractivity contribution is 7.98. The number of hydrogen-bond acceptors (Lipinski definition) is 4. The quantitative estimate of drug-likeness (QED) is 0.751. The van der Waals surface area contributed by atoms with Crippen molar-refractivity contribution in [2.24, 2.45) is 5.92 Å². The number of anilines is 2. The molecule has 1 atom stereocenters. The molecule has 4 heteroatoms. The Morgan fingerprint density at radius 2 is 2.19 bits per heavy atom. The molecule has 90 valence electrons. The molecule has 0 fully saturated rings. The normalized spacial score (nSPS) is 12.2. The zero-order valence-corrected chi connectivity index (χ0v) is 10.9. The zero-order chi connectivity index (χ0) is 12.0. The maximum absolute atomic E-state index is 5.78. The molecule has 1 aromatic carbocycles. The van der Waals surface area contributed by atoms with Crippen molar-refractivity contribution in [3.8, 4) is 5.75 Å². The van der Waals surface area contributed by atoms with E-state index in [1.807, 2.05) is 30.0 Å². The molecule has 3 nitrogen and oxygen atoms in total. The van der Waals surface area contributed by atoms with Gasteiger partial charge < -0.3 is 15.8 Å². The van der Waals surface area contributed by atoms with Gasteiger partial charge in [0.05, 0.1) is 7.11 Å². The van der Waals surface area contributed by atoms with Gasteiger partial charge in [-0.15, -0.1) is 0 Å². The smallest absolute Gasteiger partial charge is 0.122 e. The van der Waals surface area contributed by atoms with Crippen molar-refractivity contribution in [3.63, 3.8) is 0 Å². The van der Waals surface area contributed by atoms with Crippen LogP contribution in [-0.2, 0) is 0 Å². The number of nitrogens with one attached hydrogen (secondary N) is 1. The van der Waals surface area contributed by atoms with Gasteiger partial charge >= 0.3 is 0 Å². The van der Waals surface area contributed by atoms with Crippen molar-refractivity contribution in [1.82, 2.24) is 0 Å². The van der Waals surface area contributed by atoms with E-state index in [1.165, 1.54) is 0 Å². The fourth-order valence-electron chi connectivity index (χ4n) is 1.48.